The largest absolute Gasteiger partial charge is 0.369 e. The summed E-state index contributed by atoms with van der Waals surface area (Å²) in [4.78, 5) is 7.45. The molecule has 1 unspecified atom stereocenters. The van der Waals surface area contributed by atoms with Gasteiger partial charge in [-0.3, -0.25) is 4.99 Å². The van der Waals surface area contributed by atoms with Gasteiger partial charge in [0.2, 0.25) is 0 Å². The summed E-state index contributed by atoms with van der Waals surface area (Å²) in [5, 5.41) is 0.673. The van der Waals surface area contributed by atoms with Gasteiger partial charge in [0.25, 0.3) is 0 Å². The highest BCUT2D eigenvalue weighted by atomic mass is 79.9. The molecule has 2 N–H and O–H groups in total. The number of hydrogen-bond donors (Lipinski definition) is 1. The van der Waals surface area contributed by atoms with E-state index in [0.717, 1.165) is 19.4 Å². The van der Waals surface area contributed by atoms with E-state index >= 15 is 0 Å². The lowest BCUT2D eigenvalue weighted by atomic mass is 10.2. The minimum Gasteiger partial charge on any atom is -0.369 e. The van der Waals surface area contributed by atoms with Crippen LogP contribution in [0.1, 0.15) is 10.9 Å². The Morgan fingerprint density at radius 2 is 2.15 bits per heavy atom. The molecule has 1 atom stereocenters. The Kier molecular flexibility index (Phi) is 3.95. The molecule has 20 heavy (non-hydrogen) atoms. The minimum atomic E-state index is 0.0577. The number of benzene rings is 1. The van der Waals surface area contributed by atoms with Crippen LogP contribution >= 0.6 is 50.5 Å². The van der Waals surface area contributed by atoms with Crippen LogP contribution in [-0.2, 0) is 0 Å². The van der Waals surface area contributed by atoms with E-state index in [1.165, 1.54) is 11.3 Å². The van der Waals surface area contributed by atoms with Crippen LogP contribution in [0.5, 0.6) is 0 Å². The molecule has 0 amide bonds. The molecule has 0 aliphatic carbocycles. The average Bonchev–Trinajstić information content (AvgIpc) is 2.93. The number of halogens is 3. The first kappa shape index (κ1) is 14.2. The summed E-state index contributed by atoms with van der Waals surface area (Å²) < 4.78 is 1.63. The molecule has 0 saturated carbocycles. The first-order valence-electron chi connectivity index (χ1n) is 5.85. The van der Waals surface area contributed by atoms with Crippen LogP contribution < -0.4 is 10.6 Å². The van der Waals surface area contributed by atoms with E-state index in [9.17, 15) is 0 Å². The van der Waals surface area contributed by atoms with Gasteiger partial charge in [0.05, 0.1) is 12.6 Å². The standard InChI is InChI=1S/C13H10BrCl2N3S/c14-9-5-11(20-12(9)16)10-6-18-13(17)19(10)8-3-1-2-7(15)4-8/h1-5,10H,6H2,(H2,17,18). The maximum absolute atomic E-state index is 6.13. The maximum atomic E-state index is 6.13. The molecule has 104 valence electrons. The van der Waals surface area contributed by atoms with Crippen molar-refractivity contribution in [2.75, 3.05) is 11.4 Å². The molecule has 1 aliphatic heterocycles. The Labute approximate surface area is 139 Å². The van der Waals surface area contributed by atoms with Gasteiger partial charge in [0.1, 0.15) is 4.34 Å². The number of hydrogen-bond acceptors (Lipinski definition) is 4. The fourth-order valence-corrected chi connectivity index (χ4v) is 4.18. The summed E-state index contributed by atoms with van der Waals surface area (Å²) in [5.41, 5.74) is 6.96. The third kappa shape index (κ3) is 2.55. The summed E-state index contributed by atoms with van der Waals surface area (Å²) in [6.07, 6.45) is 0. The number of aliphatic imine (C=N–C) groups is 1. The molecule has 2 aromatic rings. The summed E-state index contributed by atoms with van der Waals surface area (Å²) in [6, 6.07) is 9.66. The highest BCUT2D eigenvalue weighted by Crippen LogP contribution is 2.40. The fourth-order valence-electron chi connectivity index (χ4n) is 2.18. The van der Waals surface area contributed by atoms with Gasteiger partial charge < -0.3 is 10.6 Å². The lowest BCUT2D eigenvalue weighted by Crippen LogP contribution is -2.35. The van der Waals surface area contributed by atoms with Crippen LogP contribution in [0.4, 0.5) is 5.69 Å². The number of anilines is 1. The molecular formula is C13H10BrCl2N3S. The minimum absolute atomic E-state index is 0.0577. The van der Waals surface area contributed by atoms with Crippen LogP contribution in [0.3, 0.4) is 0 Å². The molecule has 2 heterocycles. The topological polar surface area (TPSA) is 41.6 Å². The molecule has 0 bridgehead atoms. The molecule has 3 nitrogen and oxygen atoms in total. The van der Waals surface area contributed by atoms with Crippen LogP contribution in [0.25, 0.3) is 0 Å². The van der Waals surface area contributed by atoms with Gasteiger partial charge in [-0.15, -0.1) is 11.3 Å². The predicted molar refractivity (Wildman–Crippen MR) is 90.2 cm³/mol. The molecule has 3 rings (SSSR count). The van der Waals surface area contributed by atoms with Gasteiger partial charge in [-0.1, -0.05) is 29.3 Å². The van der Waals surface area contributed by atoms with E-state index < -0.39 is 0 Å². The van der Waals surface area contributed by atoms with E-state index in [2.05, 4.69) is 20.9 Å². The van der Waals surface area contributed by atoms with Crippen molar-refractivity contribution in [3.05, 3.63) is 49.0 Å². The van der Waals surface area contributed by atoms with Crippen molar-refractivity contribution in [3.63, 3.8) is 0 Å². The normalized spacial score (nSPS) is 18.4. The van der Waals surface area contributed by atoms with Crippen molar-refractivity contribution in [2.45, 2.75) is 6.04 Å². The van der Waals surface area contributed by atoms with E-state index in [-0.39, 0.29) is 6.04 Å². The Morgan fingerprint density at radius 3 is 2.80 bits per heavy atom. The molecule has 1 aromatic carbocycles. The zero-order valence-corrected chi connectivity index (χ0v) is 14.1. The number of rotatable bonds is 2. The van der Waals surface area contributed by atoms with Crippen LogP contribution in [0, 0.1) is 0 Å². The van der Waals surface area contributed by atoms with E-state index in [0.29, 0.717) is 17.5 Å². The Morgan fingerprint density at radius 1 is 1.35 bits per heavy atom. The predicted octanol–water partition coefficient (Wildman–Crippen LogP) is 4.69. The molecule has 7 heteroatoms. The Balaban J connectivity index is 2.00. The van der Waals surface area contributed by atoms with Crippen LogP contribution in [-0.4, -0.2) is 12.5 Å². The number of nitrogens with two attached hydrogens (primary N) is 1. The zero-order valence-electron chi connectivity index (χ0n) is 10.2. The first-order valence-corrected chi connectivity index (χ1v) is 8.22. The van der Waals surface area contributed by atoms with Crippen molar-refractivity contribution in [1.29, 1.82) is 0 Å². The summed E-state index contributed by atoms with van der Waals surface area (Å²) in [5.74, 6) is 0.498. The van der Waals surface area contributed by atoms with Gasteiger partial charge in [0.15, 0.2) is 5.96 Å². The lowest BCUT2D eigenvalue weighted by molar-refractivity contribution is 0.784. The molecule has 0 fully saturated rings. The second-order valence-electron chi connectivity index (χ2n) is 4.33. The molecular weight excluding hydrogens is 381 g/mol. The summed E-state index contributed by atoms with van der Waals surface area (Å²) in [7, 11) is 0. The van der Waals surface area contributed by atoms with Gasteiger partial charge in [-0.25, -0.2) is 0 Å². The van der Waals surface area contributed by atoms with E-state index in [1.54, 1.807) is 0 Å². The third-order valence-electron chi connectivity index (χ3n) is 3.06. The molecule has 1 aromatic heterocycles. The SMILES string of the molecule is NC1=NCC(c2cc(Br)c(Cl)s2)N1c1cccc(Cl)c1. The van der Waals surface area contributed by atoms with Crippen molar-refractivity contribution in [3.8, 4) is 0 Å². The van der Waals surface area contributed by atoms with Gasteiger partial charge >= 0.3 is 0 Å². The van der Waals surface area contributed by atoms with Gasteiger partial charge in [-0.2, -0.15) is 0 Å². The molecule has 0 spiro atoms. The number of nitrogens with zero attached hydrogens (tertiary/aromatic N) is 2. The Bertz CT molecular complexity index is 667. The quantitative estimate of drug-likeness (QED) is 0.807. The Hall–Kier alpha value is -0.750. The van der Waals surface area contributed by atoms with Gasteiger partial charge in [0, 0.05) is 20.1 Å². The van der Waals surface area contributed by atoms with Crippen molar-refractivity contribution in [1.82, 2.24) is 0 Å². The first-order chi connectivity index (χ1) is 9.56. The highest BCUT2D eigenvalue weighted by molar-refractivity contribution is 9.10. The van der Waals surface area contributed by atoms with E-state index in [1.807, 2.05) is 35.2 Å². The van der Waals surface area contributed by atoms with Gasteiger partial charge in [-0.05, 0) is 40.2 Å². The number of thiophene rings is 1. The van der Waals surface area contributed by atoms with Crippen molar-refractivity contribution in [2.24, 2.45) is 10.7 Å². The van der Waals surface area contributed by atoms with Crippen LogP contribution in [0.15, 0.2) is 39.8 Å². The zero-order chi connectivity index (χ0) is 14.3. The second-order valence-corrected chi connectivity index (χ2v) is 7.31. The molecule has 1 aliphatic rings. The summed E-state index contributed by atoms with van der Waals surface area (Å²) in [6.45, 7) is 0.613. The average molecular weight is 391 g/mol. The summed E-state index contributed by atoms with van der Waals surface area (Å²) >= 11 is 17.2. The van der Waals surface area contributed by atoms with Crippen LogP contribution in [0.2, 0.25) is 9.36 Å². The molecule has 0 saturated heterocycles. The lowest BCUT2D eigenvalue weighted by Gasteiger charge is -2.25. The van der Waals surface area contributed by atoms with E-state index in [4.69, 9.17) is 28.9 Å². The smallest absolute Gasteiger partial charge is 0.196 e. The fraction of sp³-hybridized carbons (Fsp3) is 0.154. The maximum Gasteiger partial charge on any atom is 0.196 e. The monoisotopic (exact) mass is 389 g/mol. The highest BCUT2D eigenvalue weighted by Gasteiger charge is 2.30. The second kappa shape index (κ2) is 5.56. The molecule has 0 radical (unpaired) electrons. The van der Waals surface area contributed by atoms with Crippen molar-refractivity contribution < 1.29 is 0 Å². The van der Waals surface area contributed by atoms with Crippen molar-refractivity contribution >= 4 is 62.1 Å². The number of guanidine groups is 1. The third-order valence-corrected chi connectivity index (χ3v) is 5.87.